The van der Waals surface area contributed by atoms with Gasteiger partial charge < -0.3 is 15.0 Å². The Labute approximate surface area is 148 Å². The summed E-state index contributed by atoms with van der Waals surface area (Å²) in [5.41, 5.74) is 5.46. The van der Waals surface area contributed by atoms with Crippen LogP contribution in [0.3, 0.4) is 0 Å². The molecule has 0 spiro atoms. The van der Waals surface area contributed by atoms with E-state index >= 15 is 0 Å². The zero-order chi connectivity index (χ0) is 18.7. The van der Waals surface area contributed by atoms with Crippen LogP contribution in [0.1, 0.15) is 57.1 Å². The predicted octanol–water partition coefficient (Wildman–Crippen LogP) is 4.11. The third kappa shape index (κ3) is 3.92. The molecule has 1 atom stereocenters. The second-order valence-corrected chi connectivity index (χ2v) is 6.37. The van der Waals surface area contributed by atoms with Crippen molar-refractivity contribution < 1.29 is 14.3 Å². The number of benzene rings is 1. The standard InChI is InChI=1S/C20H26N2O3/c1-7-25-20(24)17-13(4)18(22-14(17)5)19(23)15(6)21-16-9-8-11(2)12(3)10-16/h8-10,15,21-22H,7H2,1-6H3/t15-/m0/s1. The molecule has 0 aliphatic heterocycles. The first kappa shape index (κ1) is 18.8. The maximum atomic E-state index is 12.8. The van der Waals surface area contributed by atoms with Gasteiger partial charge in [-0.25, -0.2) is 4.79 Å². The molecule has 134 valence electrons. The molecule has 0 aliphatic carbocycles. The van der Waals surface area contributed by atoms with E-state index in [2.05, 4.69) is 17.2 Å². The summed E-state index contributed by atoms with van der Waals surface area (Å²) in [6.07, 6.45) is 0. The summed E-state index contributed by atoms with van der Waals surface area (Å²) >= 11 is 0. The minimum absolute atomic E-state index is 0.0885. The number of carbonyl (C=O) groups excluding carboxylic acids is 2. The molecule has 1 aromatic carbocycles. The molecule has 2 aromatic rings. The number of H-pyrrole nitrogens is 1. The first-order valence-corrected chi connectivity index (χ1v) is 8.50. The molecule has 0 bridgehead atoms. The van der Waals surface area contributed by atoms with E-state index in [-0.39, 0.29) is 5.78 Å². The first-order chi connectivity index (χ1) is 11.8. The van der Waals surface area contributed by atoms with Crippen molar-refractivity contribution in [3.8, 4) is 0 Å². The molecule has 1 heterocycles. The maximum absolute atomic E-state index is 12.8. The average Bonchev–Trinajstić information content (AvgIpc) is 2.85. The van der Waals surface area contributed by atoms with Gasteiger partial charge in [0.15, 0.2) is 0 Å². The van der Waals surface area contributed by atoms with E-state index in [0.717, 1.165) is 5.69 Å². The lowest BCUT2D eigenvalue weighted by Gasteiger charge is -2.15. The van der Waals surface area contributed by atoms with E-state index in [4.69, 9.17) is 4.74 Å². The number of hydrogen-bond donors (Lipinski definition) is 2. The van der Waals surface area contributed by atoms with E-state index in [0.29, 0.717) is 29.1 Å². The fourth-order valence-corrected chi connectivity index (χ4v) is 2.87. The van der Waals surface area contributed by atoms with Crippen molar-refractivity contribution in [1.29, 1.82) is 0 Å². The van der Waals surface area contributed by atoms with Crippen molar-refractivity contribution in [2.45, 2.75) is 47.6 Å². The molecule has 0 saturated carbocycles. The van der Waals surface area contributed by atoms with Crippen LogP contribution in [0, 0.1) is 27.7 Å². The Kier molecular flexibility index (Phi) is 5.67. The SMILES string of the molecule is CCOC(=O)c1c(C)[nH]c(C(=O)[C@H](C)Nc2ccc(C)c(C)c2)c1C. The molecule has 2 N–H and O–H groups in total. The molecule has 0 unspecified atom stereocenters. The van der Waals surface area contributed by atoms with Gasteiger partial charge >= 0.3 is 5.97 Å². The highest BCUT2D eigenvalue weighted by Crippen LogP contribution is 2.22. The summed E-state index contributed by atoms with van der Waals surface area (Å²) in [7, 11) is 0. The number of hydrogen-bond acceptors (Lipinski definition) is 4. The minimum atomic E-state index is -0.422. The Morgan fingerprint density at radius 2 is 1.84 bits per heavy atom. The summed E-state index contributed by atoms with van der Waals surface area (Å²) in [6, 6.07) is 5.59. The van der Waals surface area contributed by atoms with E-state index in [1.165, 1.54) is 11.1 Å². The number of rotatable bonds is 6. The van der Waals surface area contributed by atoms with E-state index in [1.807, 2.05) is 32.0 Å². The highest BCUT2D eigenvalue weighted by molar-refractivity contribution is 6.04. The predicted molar refractivity (Wildman–Crippen MR) is 99.6 cm³/mol. The van der Waals surface area contributed by atoms with Crippen molar-refractivity contribution in [1.82, 2.24) is 4.98 Å². The highest BCUT2D eigenvalue weighted by atomic mass is 16.5. The third-order valence-electron chi connectivity index (χ3n) is 4.45. The first-order valence-electron chi connectivity index (χ1n) is 8.50. The summed E-state index contributed by atoms with van der Waals surface area (Å²) in [6.45, 7) is 11.5. The molecule has 25 heavy (non-hydrogen) atoms. The molecule has 2 rings (SSSR count). The number of ether oxygens (including phenoxy) is 1. The smallest absolute Gasteiger partial charge is 0.340 e. The Morgan fingerprint density at radius 3 is 2.44 bits per heavy atom. The molecular formula is C20H26N2O3. The lowest BCUT2D eigenvalue weighted by molar-refractivity contribution is 0.0525. The highest BCUT2D eigenvalue weighted by Gasteiger charge is 2.25. The number of carbonyl (C=O) groups is 2. The van der Waals surface area contributed by atoms with Crippen LogP contribution in [0.25, 0.3) is 0 Å². The van der Waals surface area contributed by atoms with Gasteiger partial charge in [-0.15, -0.1) is 0 Å². The quantitative estimate of drug-likeness (QED) is 0.612. The van der Waals surface area contributed by atoms with Crippen LogP contribution < -0.4 is 5.32 Å². The monoisotopic (exact) mass is 342 g/mol. The Morgan fingerprint density at radius 1 is 1.16 bits per heavy atom. The molecule has 0 radical (unpaired) electrons. The van der Waals surface area contributed by atoms with E-state index < -0.39 is 12.0 Å². The number of ketones is 1. The number of aryl methyl sites for hydroxylation is 3. The van der Waals surface area contributed by atoms with Crippen LogP contribution in [0.5, 0.6) is 0 Å². The normalized spacial score (nSPS) is 11.9. The topological polar surface area (TPSA) is 71.2 Å². The molecule has 0 amide bonds. The van der Waals surface area contributed by atoms with Crippen molar-refractivity contribution >= 4 is 17.4 Å². The Balaban J connectivity index is 2.23. The zero-order valence-corrected chi connectivity index (χ0v) is 15.7. The molecular weight excluding hydrogens is 316 g/mol. The molecule has 5 heteroatoms. The lowest BCUT2D eigenvalue weighted by atomic mass is 10.0. The average molecular weight is 342 g/mol. The molecule has 1 aromatic heterocycles. The van der Waals surface area contributed by atoms with Gasteiger partial charge in [-0.3, -0.25) is 4.79 Å². The van der Waals surface area contributed by atoms with Crippen LogP contribution in [-0.2, 0) is 4.74 Å². The largest absolute Gasteiger partial charge is 0.462 e. The number of esters is 1. The van der Waals surface area contributed by atoms with Crippen molar-refractivity contribution in [3.63, 3.8) is 0 Å². The van der Waals surface area contributed by atoms with Crippen LogP contribution in [0.15, 0.2) is 18.2 Å². The van der Waals surface area contributed by atoms with E-state index in [9.17, 15) is 9.59 Å². The van der Waals surface area contributed by atoms with Crippen molar-refractivity contribution in [2.75, 3.05) is 11.9 Å². The second-order valence-electron chi connectivity index (χ2n) is 6.37. The van der Waals surface area contributed by atoms with Crippen LogP contribution >= 0.6 is 0 Å². The van der Waals surface area contributed by atoms with Crippen LogP contribution in [0.2, 0.25) is 0 Å². The molecule has 0 saturated heterocycles. The maximum Gasteiger partial charge on any atom is 0.340 e. The van der Waals surface area contributed by atoms with Gasteiger partial charge in [-0.1, -0.05) is 6.07 Å². The van der Waals surface area contributed by atoms with Gasteiger partial charge in [0.25, 0.3) is 0 Å². The number of aromatic amines is 1. The Bertz CT molecular complexity index is 806. The number of nitrogens with one attached hydrogen (secondary N) is 2. The van der Waals surface area contributed by atoms with Gasteiger partial charge in [0.2, 0.25) is 5.78 Å². The third-order valence-corrected chi connectivity index (χ3v) is 4.45. The van der Waals surface area contributed by atoms with Crippen molar-refractivity contribution in [3.05, 3.63) is 51.8 Å². The van der Waals surface area contributed by atoms with Gasteiger partial charge in [0, 0.05) is 11.4 Å². The minimum Gasteiger partial charge on any atom is -0.462 e. The number of anilines is 1. The summed E-state index contributed by atoms with van der Waals surface area (Å²) in [5.74, 6) is -0.489. The van der Waals surface area contributed by atoms with Gasteiger partial charge in [0.05, 0.1) is 23.9 Å². The van der Waals surface area contributed by atoms with E-state index in [1.54, 1.807) is 20.8 Å². The van der Waals surface area contributed by atoms with Crippen LogP contribution in [0.4, 0.5) is 5.69 Å². The van der Waals surface area contributed by atoms with Gasteiger partial charge in [-0.2, -0.15) is 0 Å². The number of aromatic nitrogens is 1. The van der Waals surface area contributed by atoms with Crippen LogP contribution in [-0.4, -0.2) is 29.4 Å². The zero-order valence-electron chi connectivity index (χ0n) is 15.7. The molecule has 0 fully saturated rings. The number of Topliss-reactive ketones (excluding diaryl/α,β-unsaturated/α-hetero) is 1. The van der Waals surface area contributed by atoms with Crippen molar-refractivity contribution in [2.24, 2.45) is 0 Å². The summed E-state index contributed by atoms with van der Waals surface area (Å²) in [5, 5.41) is 3.23. The summed E-state index contributed by atoms with van der Waals surface area (Å²) in [4.78, 5) is 28.0. The Hall–Kier alpha value is -2.56. The fraction of sp³-hybridized carbons (Fsp3) is 0.400. The lowest BCUT2D eigenvalue weighted by Crippen LogP contribution is -2.27. The second kappa shape index (κ2) is 7.55. The van der Waals surface area contributed by atoms with Gasteiger partial charge in [0.1, 0.15) is 0 Å². The summed E-state index contributed by atoms with van der Waals surface area (Å²) < 4.78 is 5.08. The fourth-order valence-electron chi connectivity index (χ4n) is 2.87. The molecule has 0 aliphatic rings. The van der Waals surface area contributed by atoms with Gasteiger partial charge in [-0.05, 0) is 70.4 Å². The molecule has 5 nitrogen and oxygen atoms in total.